The van der Waals surface area contributed by atoms with Crippen LogP contribution in [0.15, 0.2) is 54.6 Å². The Morgan fingerprint density at radius 3 is 2.30 bits per heavy atom. The highest BCUT2D eigenvalue weighted by molar-refractivity contribution is 5.94. The van der Waals surface area contributed by atoms with E-state index < -0.39 is 6.10 Å². The number of anilines is 1. The summed E-state index contributed by atoms with van der Waals surface area (Å²) in [5.74, 6) is 1.09. The van der Waals surface area contributed by atoms with Crippen molar-refractivity contribution >= 4 is 11.6 Å². The third-order valence-corrected chi connectivity index (χ3v) is 4.04. The summed E-state index contributed by atoms with van der Waals surface area (Å²) >= 11 is 0. The summed E-state index contributed by atoms with van der Waals surface area (Å²) in [5.41, 5.74) is 1.94. The fourth-order valence-corrected chi connectivity index (χ4v) is 2.43. The second-order valence-corrected chi connectivity index (χ2v) is 5.72. The molecule has 3 nitrogen and oxygen atoms in total. The molecule has 2 rings (SSSR count). The van der Waals surface area contributed by atoms with Crippen LogP contribution in [-0.2, 0) is 4.79 Å². The molecule has 2 unspecified atom stereocenters. The first-order valence-electron chi connectivity index (χ1n) is 8.27. The van der Waals surface area contributed by atoms with Crippen LogP contribution in [-0.4, -0.2) is 12.0 Å². The van der Waals surface area contributed by atoms with Crippen LogP contribution in [0.25, 0.3) is 0 Å². The highest BCUT2D eigenvalue weighted by atomic mass is 16.5. The third kappa shape index (κ3) is 4.59. The largest absolute Gasteiger partial charge is 0.480 e. The van der Waals surface area contributed by atoms with E-state index in [4.69, 9.17) is 4.74 Å². The van der Waals surface area contributed by atoms with Gasteiger partial charge in [0.2, 0.25) is 0 Å². The average Bonchev–Trinajstić information content (AvgIpc) is 2.60. The maximum Gasteiger partial charge on any atom is 0.265 e. The molecular weight excluding hydrogens is 286 g/mol. The number of carbonyl (C=O) groups excluding carboxylic acids is 1. The van der Waals surface area contributed by atoms with Crippen LogP contribution in [0.5, 0.6) is 5.75 Å². The summed E-state index contributed by atoms with van der Waals surface area (Å²) < 4.78 is 6.04. The van der Waals surface area contributed by atoms with Crippen molar-refractivity contribution in [2.75, 3.05) is 5.32 Å². The van der Waals surface area contributed by atoms with Gasteiger partial charge >= 0.3 is 0 Å². The molecule has 2 aromatic rings. The van der Waals surface area contributed by atoms with E-state index in [1.165, 1.54) is 0 Å². The molecule has 0 spiro atoms. The molecule has 0 aliphatic carbocycles. The predicted octanol–water partition coefficient (Wildman–Crippen LogP) is 5.00. The Kier molecular flexibility index (Phi) is 6.21. The van der Waals surface area contributed by atoms with E-state index >= 15 is 0 Å². The SMILES string of the molecule is CCC(Oc1ccccc1C(C)CC)C(=O)Nc1ccccc1. The summed E-state index contributed by atoms with van der Waals surface area (Å²) in [6, 6.07) is 17.4. The highest BCUT2D eigenvalue weighted by Gasteiger charge is 2.20. The number of nitrogens with one attached hydrogen (secondary N) is 1. The van der Waals surface area contributed by atoms with Gasteiger partial charge in [-0.3, -0.25) is 4.79 Å². The number of ether oxygens (including phenoxy) is 1. The molecule has 122 valence electrons. The zero-order valence-corrected chi connectivity index (χ0v) is 14.1. The van der Waals surface area contributed by atoms with Gasteiger partial charge in [0, 0.05) is 5.69 Å². The first kappa shape index (κ1) is 17.1. The van der Waals surface area contributed by atoms with Gasteiger partial charge in [-0.25, -0.2) is 0 Å². The van der Waals surface area contributed by atoms with E-state index in [0.29, 0.717) is 12.3 Å². The van der Waals surface area contributed by atoms with Crippen LogP contribution in [0, 0.1) is 0 Å². The fraction of sp³-hybridized carbons (Fsp3) is 0.350. The molecule has 0 fully saturated rings. The number of para-hydroxylation sites is 2. The van der Waals surface area contributed by atoms with Crippen LogP contribution in [0.4, 0.5) is 5.69 Å². The standard InChI is InChI=1S/C20H25NO2/c1-4-15(3)17-13-9-10-14-19(17)23-18(5-2)20(22)21-16-11-7-6-8-12-16/h6-15,18H,4-5H2,1-3H3,(H,21,22). The van der Waals surface area contributed by atoms with Crippen molar-refractivity contribution < 1.29 is 9.53 Å². The van der Waals surface area contributed by atoms with Gasteiger partial charge in [0.1, 0.15) is 5.75 Å². The topological polar surface area (TPSA) is 38.3 Å². The molecule has 0 heterocycles. The molecule has 1 amide bonds. The molecule has 2 aromatic carbocycles. The molecule has 23 heavy (non-hydrogen) atoms. The van der Waals surface area contributed by atoms with Crippen LogP contribution >= 0.6 is 0 Å². The average molecular weight is 311 g/mol. The Morgan fingerprint density at radius 1 is 1.00 bits per heavy atom. The summed E-state index contributed by atoms with van der Waals surface area (Å²) in [6.45, 7) is 6.29. The second-order valence-electron chi connectivity index (χ2n) is 5.72. The first-order valence-corrected chi connectivity index (χ1v) is 8.27. The molecule has 0 radical (unpaired) electrons. The van der Waals surface area contributed by atoms with Gasteiger partial charge in [-0.05, 0) is 42.5 Å². The Hall–Kier alpha value is -2.29. The lowest BCUT2D eigenvalue weighted by molar-refractivity contribution is -0.122. The van der Waals surface area contributed by atoms with Crippen molar-refractivity contribution in [3.8, 4) is 5.75 Å². The maximum atomic E-state index is 12.5. The minimum absolute atomic E-state index is 0.113. The zero-order valence-electron chi connectivity index (χ0n) is 14.1. The molecule has 0 aromatic heterocycles. The lowest BCUT2D eigenvalue weighted by atomic mass is 9.98. The monoisotopic (exact) mass is 311 g/mol. The van der Waals surface area contributed by atoms with E-state index in [9.17, 15) is 4.79 Å². The predicted molar refractivity (Wildman–Crippen MR) is 94.9 cm³/mol. The minimum Gasteiger partial charge on any atom is -0.480 e. The number of benzene rings is 2. The van der Waals surface area contributed by atoms with Crippen molar-refractivity contribution in [1.82, 2.24) is 0 Å². The summed E-state index contributed by atoms with van der Waals surface area (Å²) in [5, 5.41) is 2.91. The lowest BCUT2D eigenvalue weighted by Crippen LogP contribution is -2.32. The summed E-state index contributed by atoms with van der Waals surface area (Å²) in [7, 11) is 0. The smallest absolute Gasteiger partial charge is 0.265 e. The van der Waals surface area contributed by atoms with Crippen molar-refractivity contribution in [1.29, 1.82) is 0 Å². The van der Waals surface area contributed by atoms with Crippen molar-refractivity contribution in [3.63, 3.8) is 0 Å². The number of rotatable bonds is 7. The van der Waals surface area contributed by atoms with Crippen molar-refractivity contribution in [3.05, 3.63) is 60.2 Å². The van der Waals surface area contributed by atoms with E-state index in [1.54, 1.807) is 0 Å². The molecule has 3 heteroatoms. The molecule has 0 bridgehead atoms. The Bertz CT molecular complexity index is 625. The highest BCUT2D eigenvalue weighted by Crippen LogP contribution is 2.29. The number of hydrogen-bond donors (Lipinski definition) is 1. The Balaban J connectivity index is 2.12. The summed E-state index contributed by atoms with van der Waals surface area (Å²) in [6.07, 6.45) is 1.15. The van der Waals surface area contributed by atoms with E-state index in [-0.39, 0.29) is 5.91 Å². The van der Waals surface area contributed by atoms with Gasteiger partial charge < -0.3 is 10.1 Å². The van der Waals surface area contributed by atoms with Gasteiger partial charge in [-0.2, -0.15) is 0 Å². The molecule has 1 N–H and O–H groups in total. The third-order valence-electron chi connectivity index (χ3n) is 4.04. The van der Waals surface area contributed by atoms with Gasteiger partial charge in [0.25, 0.3) is 5.91 Å². The van der Waals surface area contributed by atoms with Crippen molar-refractivity contribution in [2.45, 2.75) is 45.6 Å². The van der Waals surface area contributed by atoms with Crippen LogP contribution in [0.3, 0.4) is 0 Å². The van der Waals surface area contributed by atoms with Crippen LogP contribution < -0.4 is 10.1 Å². The molecular formula is C20H25NO2. The fourth-order valence-electron chi connectivity index (χ4n) is 2.43. The van der Waals surface area contributed by atoms with Gasteiger partial charge in [0.15, 0.2) is 6.10 Å². The normalized spacial score (nSPS) is 13.2. The lowest BCUT2D eigenvalue weighted by Gasteiger charge is -2.21. The van der Waals surface area contributed by atoms with Crippen LogP contribution in [0.2, 0.25) is 0 Å². The van der Waals surface area contributed by atoms with E-state index in [1.807, 2.05) is 55.5 Å². The quantitative estimate of drug-likeness (QED) is 0.781. The van der Waals surface area contributed by atoms with Crippen molar-refractivity contribution in [2.24, 2.45) is 0 Å². The molecule has 2 atom stereocenters. The molecule has 0 aliphatic rings. The Morgan fingerprint density at radius 2 is 1.65 bits per heavy atom. The number of carbonyl (C=O) groups is 1. The van der Waals surface area contributed by atoms with E-state index in [0.717, 1.165) is 23.4 Å². The minimum atomic E-state index is -0.500. The second kappa shape index (κ2) is 8.37. The summed E-state index contributed by atoms with van der Waals surface area (Å²) in [4.78, 5) is 12.5. The maximum absolute atomic E-state index is 12.5. The number of hydrogen-bond acceptors (Lipinski definition) is 2. The van der Waals surface area contributed by atoms with E-state index in [2.05, 4.69) is 25.2 Å². The van der Waals surface area contributed by atoms with Crippen LogP contribution in [0.1, 0.15) is 45.1 Å². The molecule has 0 aliphatic heterocycles. The number of amides is 1. The van der Waals surface area contributed by atoms with Gasteiger partial charge in [0.05, 0.1) is 0 Å². The Labute approximate surface area is 138 Å². The van der Waals surface area contributed by atoms with Gasteiger partial charge in [-0.1, -0.05) is 57.2 Å². The molecule has 0 saturated carbocycles. The zero-order chi connectivity index (χ0) is 16.7. The molecule has 0 saturated heterocycles. The first-order chi connectivity index (χ1) is 11.2. The van der Waals surface area contributed by atoms with Gasteiger partial charge in [-0.15, -0.1) is 0 Å².